The second-order valence-corrected chi connectivity index (χ2v) is 8.58. The van der Waals surface area contributed by atoms with Gasteiger partial charge in [-0.05, 0) is 51.0 Å². The monoisotopic (exact) mass is 397 g/mol. The van der Waals surface area contributed by atoms with Crippen molar-refractivity contribution in [3.05, 3.63) is 51.6 Å². The quantitative estimate of drug-likeness (QED) is 0.521. The van der Waals surface area contributed by atoms with Crippen LogP contribution in [-0.4, -0.2) is 44.2 Å². The summed E-state index contributed by atoms with van der Waals surface area (Å²) < 4.78 is 17.6. The summed E-state index contributed by atoms with van der Waals surface area (Å²) in [6.45, 7) is 2.13. The van der Waals surface area contributed by atoms with Gasteiger partial charge in [0.15, 0.2) is 10.8 Å². The fourth-order valence-electron chi connectivity index (χ4n) is 3.91. The molecule has 0 aliphatic carbocycles. The Kier molecular flexibility index (Phi) is 4.06. The number of aromatic nitrogens is 4. The molecule has 1 aliphatic heterocycles. The Balaban J connectivity index is 1.58. The molecule has 1 aromatic carbocycles. The molecule has 6 nitrogen and oxygen atoms in total. The van der Waals surface area contributed by atoms with E-state index in [1.54, 1.807) is 33.7 Å². The van der Waals surface area contributed by atoms with E-state index in [4.69, 9.17) is 0 Å². The average Bonchev–Trinajstić information content (AvgIpc) is 3.26. The van der Waals surface area contributed by atoms with Gasteiger partial charge in [0.05, 0.1) is 5.69 Å². The average molecular weight is 397 g/mol. The summed E-state index contributed by atoms with van der Waals surface area (Å²) in [5, 5.41) is 4.82. The molecule has 5 rings (SSSR count). The number of benzene rings is 1. The van der Waals surface area contributed by atoms with Gasteiger partial charge in [-0.25, -0.2) is 9.37 Å². The zero-order valence-corrected chi connectivity index (χ0v) is 16.5. The minimum atomic E-state index is -0.409. The number of hydrogen-bond donors (Lipinski definition) is 0. The summed E-state index contributed by atoms with van der Waals surface area (Å²) in [5.74, 6) is 0.0585. The second-order valence-electron chi connectivity index (χ2n) is 7.54. The zero-order chi connectivity index (χ0) is 19.4. The highest BCUT2D eigenvalue weighted by Gasteiger charge is 2.21. The lowest BCUT2D eigenvalue weighted by Gasteiger charge is -2.27. The van der Waals surface area contributed by atoms with Crippen LogP contribution in [0.2, 0.25) is 0 Å². The van der Waals surface area contributed by atoms with E-state index in [-0.39, 0.29) is 5.56 Å². The van der Waals surface area contributed by atoms with Crippen LogP contribution in [0, 0.1) is 5.82 Å². The molecule has 0 spiro atoms. The number of piperidine rings is 1. The molecule has 1 aliphatic rings. The normalized spacial score (nSPS) is 16.4. The molecule has 1 fully saturated rings. The first-order valence-electron chi connectivity index (χ1n) is 9.33. The zero-order valence-electron chi connectivity index (χ0n) is 15.7. The fraction of sp³-hybridized carbons (Fsp3) is 0.350. The van der Waals surface area contributed by atoms with E-state index in [0.717, 1.165) is 25.9 Å². The summed E-state index contributed by atoms with van der Waals surface area (Å²) in [5.41, 5.74) is 1.27. The molecule has 0 radical (unpaired) electrons. The van der Waals surface area contributed by atoms with Gasteiger partial charge in [-0.2, -0.15) is 5.10 Å². The predicted molar refractivity (Wildman–Crippen MR) is 108 cm³/mol. The molecular weight excluding hydrogens is 377 g/mol. The second kappa shape index (κ2) is 6.49. The Hall–Kier alpha value is -2.58. The maximum atomic E-state index is 14.5. The molecule has 144 valence electrons. The van der Waals surface area contributed by atoms with Gasteiger partial charge in [-0.1, -0.05) is 0 Å². The van der Waals surface area contributed by atoms with Crippen LogP contribution in [0.25, 0.3) is 27.1 Å². The Morgan fingerprint density at radius 1 is 1.14 bits per heavy atom. The lowest BCUT2D eigenvalue weighted by Crippen LogP contribution is -2.28. The summed E-state index contributed by atoms with van der Waals surface area (Å²) in [6.07, 6.45) is 5.87. The maximum Gasteiger partial charge on any atom is 0.259 e. The lowest BCUT2D eigenvalue weighted by molar-refractivity contribution is 0.256. The third kappa shape index (κ3) is 2.93. The van der Waals surface area contributed by atoms with E-state index in [1.807, 2.05) is 12.3 Å². The molecule has 0 N–H and O–H groups in total. The van der Waals surface area contributed by atoms with E-state index >= 15 is 0 Å². The van der Waals surface area contributed by atoms with Gasteiger partial charge in [0.1, 0.15) is 5.52 Å². The highest BCUT2D eigenvalue weighted by atomic mass is 32.1. The molecule has 1 saturated heterocycles. The molecule has 0 saturated carbocycles. The minimum absolute atomic E-state index is 0.137. The highest BCUT2D eigenvalue weighted by molar-refractivity contribution is 7.17. The molecule has 4 aromatic rings. The highest BCUT2D eigenvalue weighted by Crippen LogP contribution is 2.33. The minimum Gasteiger partial charge on any atom is -0.306 e. The van der Waals surface area contributed by atoms with E-state index in [1.165, 1.54) is 17.0 Å². The molecule has 8 heteroatoms. The topological polar surface area (TPSA) is 55.4 Å². The van der Waals surface area contributed by atoms with Crippen molar-refractivity contribution in [3.63, 3.8) is 0 Å². The molecule has 0 unspecified atom stereocenters. The van der Waals surface area contributed by atoms with Crippen LogP contribution in [-0.2, 0) is 7.05 Å². The SMILES string of the molecule is CN1CCC(c2cn3c(=O)cc(-c4cc(F)c5nn(C)cc5c4)nc3s2)CC1. The first-order valence-corrected chi connectivity index (χ1v) is 10.1. The smallest absolute Gasteiger partial charge is 0.259 e. The van der Waals surface area contributed by atoms with Crippen LogP contribution in [0.1, 0.15) is 23.6 Å². The van der Waals surface area contributed by atoms with Crippen molar-refractivity contribution in [1.29, 1.82) is 0 Å². The van der Waals surface area contributed by atoms with Crippen LogP contribution >= 0.6 is 11.3 Å². The van der Waals surface area contributed by atoms with Crippen molar-refractivity contribution in [2.75, 3.05) is 20.1 Å². The Morgan fingerprint density at radius 2 is 1.93 bits per heavy atom. The molecule has 4 heterocycles. The maximum absolute atomic E-state index is 14.5. The fourth-order valence-corrected chi connectivity index (χ4v) is 5.07. The van der Waals surface area contributed by atoms with Gasteiger partial charge < -0.3 is 4.90 Å². The molecule has 0 bridgehead atoms. The molecule has 28 heavy (non-hydrogen) atoms. The van der Waals surface area contributed by atoms with Gasteiger partial charge in [-0.15, -0.1) is 11.3 Å². The first kappa shape index (κ1) is 17.5. The van der Waals surface area contributed by atoms with Gasteiger partial charge in [-0.3, -0.25) is 13.9 Å². The van der Waals surface area contributed by atoms with Gasteiger partial charge in [0, 0.05) is 41.3 Å². The number of hydrogen-bond acceptors (Lipinski definition) is 5. The first-order chi connectivity index (χ1) is 13.5. The number of halogens is 1. The third-order valence-electron chi connectivity index (χ3n) is 5.48. The molecule has 3 aromatic heterocycles. The number of fused-ring (bicyclic) bond motifs is 2. The Bertz CT molecular complexity index is 1250. The van der Waals surface area contributed by atoms with E-state index < -0.39 is 5.82 Å². The number of aryl methyl sites for hydroxylation is 1. The summed E-state index contributed by atoms with van der Waals surface area (Å²) in [4.78, 5) is 21.5. The van der Waals surface area contributed by atoms with Crippen LogP contribution in [0.4, 0.5) is 4.39 Å². The van der Waals surface area contributed by atoms with Crippen molar-refractivity contribution in [1.82, 2.24) is 24.1 Å². The number of likely N-dealkylation sites (tertiary alicyclic amines) is 1. The lowest BCUT2D eigenvalue weighted by atomic mass is 9.96. The van der Waals surface area contributed by atoms with E-state index in [0.29, 0.717) is 33.0 Å². The van der Waals surface area contributed by atoms with Crippen LogP contribution in [0.3, 0.4) is 0 Å². The largest absolute Gasteiger partial charge is 0.306 e. The summed E-state index contributed by atoms with van der Waals surface area (Å²) in [7, 11) is 3.89. The van der Waals surface area contributed by atoms with Crippen molar-refractivity contribution < 1.29 is 4.39 Å². The Morgan fingerprint density at radius 3 is 2.71 bits per heavy atom. The summed E-state index contributed by atoms with van der Waals surface area (Å²) in [6, 6.07) is 4.71. The van der Waals surface area contributed by atoms with E-state index in [2.05, 4.69) is 22.0 Å². The van der Waals surface area contributed by atoms with Gasteiger partial charge in [0.25, 0.3) is 5.56 Å². The van der Waals surface area contributed by atoms with Crippen LogP contribution < -0.4 is 5.56 Å². The standard InChI is InChI=1S/C20H20FN5OS/c1-24-5-3-12(4-6-24)17-11-26-18(27)9-16(22-20(26)28-17)13-7-14-10-25(2)23-19(14)15(21)8-13/h7-12H,3-6H2,1-2H3. The van der Waals surface area contributed by atoms with Crippen LogP contribution in [0.15, 0.2) is 35.4 Å². The van der Waals surface area contributed by atoms with Crippen molar-refractivity contribution in [2.45, 2.75) is 18.8 Å². The number of rotatable bonds is 2. The molecule has 0 amide bonds. The van der Waals surface area contributed by atoms with Gasteiger partial charge >= 0.3 is 0 Å². The van der Waals surface area contributed by atoms with Crippen molar-refractivity contribution in [3.8, 4) is 11.3 Å². The molecule has 0 atom stereocenters. The summed E-state index contributed by atoms with van der Waals surface area (Å²) >= 11 is 1.56. The van der Waals surface area contributed by atoms with Gasteiger partial charge in [0.2, 0.25) is 0 Å². The van der Waals surface area contributed by atoms with E-state index in [9.17, 15) is 9.18 Å². The number of nitrogens with zero attached hydrogens (tertiary/aromatic N) is 5. The molecular formula is C20H20FN5OS. The Labute approximate surface area is 164 Å². The predicted octanol–water partition coefficient (Wildman–Crippen LogP) is 3.26. The number of thiazole rings is 1. The third-order valence-corrected chi connectivity index (χ3v) is 6.62. The van der Waals surface area contributed by atoms with Crippen molar-refractivity contribution in [2.24, 2.45) is 7.05 Å². The van der Waals surface area contributed by atoms with Crippen LogP contribution in [0.5, 0.6) is 0 Å². The van der Waals surface area contributed by atoms with Crippen molar-refractivity contribution >= 4 is 27.2 Å².